The van der Waals surface area contributed by atoms with Gasteiger partial charge in [0.2, 0.25) is 0 Å². The Bertz CT molecular complexity index is 186. The van der Waals surface area contributed by atoms with Gasteiger partial charge in [-0.05, 0) is 19.3 Å². The first-order valence-corrected chi connectivity index (χ1v) is 8.84. The summed E-state index contributed by atoms with van der Waals surface area (Å²) < 4.78 is 5.22. The minimum Gasteiger partial charge on any atom is -1.00 e. The molecule has 0 aliphatic carbocycles. The summed E-state index contributed by atoms with van der Waals surface area (Å²) in [5.74, 6) is 0. The van der Waals surface area contributed by atoms with E-state index < -0.39 is 0 Å². The van der Waals surface area contributed by atoms with Crippen molar-refractivity contribution in [3.05, 3.63) is 0 Å². The summed E-state index contributed by atoms with van der Waals surface area (Å²) in [5.41, 5.74) is 3.89. The number of epoxide rings is 1. The topological polar surface area (TPSA) is 40.2 Å². The normalized spacial score (nSPS) is 16.9. The average Bonchev–Trinajstić information content (AvgIpc) is 3.23. The molecule has 0 aromatic rings. The monoisotopic (exact) mass is 305 g/mol. The Balaban J connectivity index is 0.00000361. The Morgan fingerprint density at radius 2 is 1.00 bits per heavy atom. The van der Waals surface area contributed by atoms with Crippen LogP contribution in [0.25, 0.3) is 0 Å². The van der Waals surface area contributed by atoms with Crippen LogP contribution in [0.2, 0.25) is 0 Å². The Morgan fingerprint density at radius 3 is 1.35 bits per heavy atom. The molecule has 0 saturated carbocycles. The summed E-state index contributed by atoms with van der Waals surface area (Å²) in [6, 6.07) is 0. The molecule has 0 aromatic heterocycles. The Hall–Kier alpha value is 0.210. The van der Waals surface area contributed by atoms with Crippen LogP contribution in [-0.2, 0) is 4.74 Å². The Kier molecular flexibility index (Phi) is 15.8. The predicted molar refractivity (Wildman–Crippen MR) is 82.1 cm³/mol. The maximum atomic E-state index is 5.22. The second-order valence-corrected chi connectivity index (χ2v) is 6.19. The maximum Gasteiger partial charge on any atom is 0.0810 e. The summed E-state index contributed by atoms with van der Waals surface area (Å²) in [5, 5.41) is 0. The lowest BCUT2D eigenvalue weighted by Crippen LogP contribution is -3.00. The molecular formula is C17H36ClNO. The van der Waals surface area contributed by atoms with Crippen molar-refractivity contribution in [1.29, 1.82) is 0 Å². The molecule has 1 fully saturated rings. The SMILES string of the molecule is [Cl-].[NH3+]CCCCCCCCCCCCCCCC1CO1. The molecule has 0 aromatic carbocycles. The highest BCUT2D eigenvalue weighted by molar-refractivity contribution is 4.68. The van der Waals surface area contributed by atoms with E-state index in [0.29, 0.717) is 6.10 Å². The van der Waals surface area contributed by atoms with Crippen LogP contribution in [-0.4, -0.2) is 19.3 Å². The van der Waals surface area contributed by atoms with Crippen LogP contribution < -0.4 is 18.1 Å². The number of hydrogen-bond acceptors (Lipinski definition) is 1. The van der Waals surface area contributed by atoms with Gasteiger partial charge in [-0.2, -0.15) is 0 Å². The Morgan fingerprint density at radius 1 is 0.650 bits per heavy atom. The summed E-state index contributed by atoms with van der Waals surface area (Å²) >= 11 is 0. The second kappa shape index (κ2) is 15.6. The first kappa shape index (κ1) is 20.2. The van der Waals surface area contributed by atoms with E-state index in [2.05, 4.69) is 5.73 Å². The lowest BCUT2D eigenvalue weighted by Gasteiger charge is -2.02. The van der Waals surface area contributed by atoms with Gasteiger partial charge in [0, 0.05) is 0 Å². The van der Waals surface area contributed by atoms with Gasteiger partial charge in [-0.3, -0.25) is 0 Å². The summed E-state index contributed by atoms with van der Waals surface area (Å²) in [6.07, 6.45) is 20.6. The van der Waals surface area contributed by atoms with Crippen molar-refractivity contribution in [3.8, 4) is 0 Å². The van der Waals surface area contributed by atoms with E-state index in [1.165, 1.54) is 89.9 Å². The zero-order valence-electron chi connectivity index (χ0n) is 13.4. The molecule has 1 aliphatic heterocycles. The molecule has 20 heavy (non-hydrogen) atoms. The zero-order chi connectivity index (χ0) is 13.6. The van der Waals surface area contributed by atoms with E-state index in [1.807, 2.05) is 0 Å². The molecule has 1 aliphatic rings. The lowest BCUT2D eigenvalue weighted by atomic mass is 10.0. The van der Waals surface area contributed by atoms with Crippen LogP contribution in [0.1, 0.15) is 89.9 Å². The number of quaternary nitrogens is 1. The first-order chi connectivity index (χ1) is 9.43. The van der Waals surface area contributed by atoms with Gasteiger partial charge in [0.1, 0.15) is 0 Å². The summed E-state index contributed by atoms with van der Waals surface area (Å²) in [4.78, 5) is 0. The van der Waals surface area contributed by atoms with E-state index in [9.17, 15) is 0 Å². The molecule has 122 valence electrons. The molecule has 0 bridgehead atoms. The summed E-state index contributed by atoms with van der Waals surface area (Å²) in [7, 11) is 0. The molecule has 0 spiro atoms. The van der Waals surface area contributed by atoms with Crippen LogP contribution in [0.4, 0.5) is 0 Å². The molecule has 1 rings (SSSR count). The van der Waals surface area contributed by atoms with Crippen molar-refractivity contribution in [2.45, 2.75) is 96.0 Å². The van der Waals surface area contributed by atoms with E-state index >= 15 is 0 Å². The molecule has 1 saturated heterocycles. The fourth-order valence-corrected chi connectivity index (χ4v) is 2.73. The highest BCUT2D eigenvalue weighted by Crippen LogP contribution is 2.18. The minimum atomic E-state index is 0. The van der Waals surface area contributed by atoms with Crippen LogP contribution in [0, 0.1) is 0 Å². The number of unbranched alkanes of at least 4 members (excludes halogenated alkanes) is 12. The average molecular weight is 306 g/mol. The molecule has 0 amide bonds. The summed E-state index contributed by atoms with van der Waals surface area (Å²) in [6.45, 7) is 2.16. The molecule has 0 radical (unpaired) electrons. The lowest BCUT2D eigenvalue weighted by molar-refractivity contribution is -0.368. The van der Waals surface area contributed by atoms with Crippen LogP contribution >= 0.6 is 0 Å². The van der Waals surface area contributed by atoms with Crippen LogP contribution in [0.3, 0.4) is 0 Å². The van der Waals surface area contributed by atoms with Gasteiger partial charge in [0.15, 0.2) is 0 Å². The van der Waals surface area contributed by atoms with Gasteiger partial charge in [0.05, 0.1) is 19.3 Å². The molecule has 1 unspecified atom stereocenters. The van der Waals surface area contributed by atoms with E-state index in [0.717, 1.165) is 13.2 Å². The maximum absolute atomic E-state index is 5.22. The van der Waals surface area contributed by atoms with E-state index in [-0.39, 0.29) is 12.4 Å². The minimum absolute atomic E-state index is 0. The zero-order valence-corrected chi connectivity index (χ0v) is 14.1. The standard InChI is InChI=1S/C17H35NO.ClH/c18-15-13-11-9-7-5-3-1-2-4-6-8-10-12-14-17-16-19-17;/h17H,1-16,18H2;1H. The smallest absolute Gasteiger partial charge is 0.0810 e. The number of rotatable bonds is 15. The van der Waals surface area contributed by atoms with E-state index in [4.69, 9.17) is 4.74 Å². The molecule has 1 atom stereocenters. The van der Waals surface area contributed by atoms with Crippen LogP contribution in [0.15, 0.2) is 0 Å². The third-order valence-corrected chi connectivity index (χ3v) is 4.18. The molecule has 3 heteroatoms. The largest absolute Gasteiger partial charge is 1.00 e. The molecule has 3 N–H and O–H groups in total. The van der Waals surface area contributed by atoms with Gasteiger partial charge in [-0.25, -0.2) is 0 Å². The van der Waals surface area contributed by atoms with Gasteiger partial charge < -0.3 is 22.9 Å². The third kappa shape index (κ3) is 14.6. The van der Waals surface area contributed by atoms with Crippen molar-refractivity contribution >= 4 is 0 Å². The van der Waals surface area contributed by atoms with Gasteiger partial charge in [0.25, 0.3) is 0 Å². The highest BCUT2D eigenvalue weighted by Gasteiger charge is 2.20. The van der Waals surface area contributed by atoms with Crippen molar-refractivity contribution < 1.29 is 22.9 Å². The third-order valence-electron chi connectivity index (χ3n) is 4.18. The van der Waals surface area contributed by atoms with Crippen molar-refractivity contribution in [1.82, 2.24) is 0 Å². The second-order valence-electron chi connectivity index (χ2n) is 6.19. The fourth-order valence-electron chi connectivity index (χ4n) is 2.73. The van der Waals surface area contributed by atoms with Crippen molar-refractivity contribution in [3.63, 3.8) is 0 Å². The van der Waals surface area contributed by atoms with Gasteiger partial charge in [-0.15, -0.1) is 0 Å². The van der Waals surface area contributed by atoms with Gasteiger partial charge in [-0.1, -0.05) is 70.6 Å². The highest BCUT2D eigenvalue weighted by atomic mass is 35.5. The molecular weight excluding hydrogens is 270 g/mol. The quantitative estimate of drug-likeness (QED) is 0.357. The Labute approximate surface area is 132 Å². The predicted octanol–water partition coefficient (Wildman–Crippen LogP) is 1.09. The van der Waals surface area contributed by atoms with Gasteiger partial charge >= 0.3 is 0 Å². The van der Waals surface area contributed by atoms with Crippen molar-refractivity contribution in [2.24, 2.45) is 0 Å². The number of hydrogen-bond donors (Lipinski definition) is 1. The van der Waals surface area contributed by atoms with Crippen molar-refractivity contribution in [2.75, 3.05) is 13.2 Å². The number of halogens is 1. The first-order valence-electron chi connectivity index (χ1n) is 8.84. The van der Waals surface area contributed by atoms with Crippen LogP contribution in [0.5, 0.6) is 0 Å². The fraction of sp³-hybridized carbons (Fsp3) is 1.00. The van der Waals surface area contributed by atoms with E-state index in [1.54, 1.807) is 0 Å². The molecule has 2 nitrogen and oxygen atoms in total. The molecule has 1 heterocycles. The number of ether oxygens (including phenoxy) is 1.